The summed E-state index contributed by atoms with van der Waals surface area (Å²) in [4.78, 5) is 15.4. The molecule has 5 nitrogen and oxygen atoms in total. The molecule has 1 heterocycles. The zero-order valence-electron chi connectivity index (χ0n) is 10.0. The van der Waals surface area contributed by atoms with Gasteiger partial charge in [0.2, 0.25) is 10.0 Å². The smallest absolute Gasteiger partial charge is 0.239 e. The Morgan fingerprint density at radius 3 is 2.24 bits per heavy atom. The number of nitrogens with zero attached hydrogens (tertiary/aromatic N) is 1. The molecule has 17 heavy (non-hydrogen) atoms. The van der Waals surface area contributed by atoms with Gasteiger partial charge in [-0.1, -0.05) is 13.8 Å². The topological polar surface area (TPSA) is 90.1 Å². The molecular weight excluding hydrogens is 240 g/mol. The van der Waals surface area contributed by atoms with Gasteiger partial charge in [0.1, 0.15) is 10.7 Å². The van der Waals surface area contributed by atoms with E-state index in [0.29, 0.717) is 5.69 Å². The van der Waals surface area contributed by atoms with Gasteiger partial charge in [0.25, 0.3) is 0 Å². The Morgan fingerprint density at radius 2 is 1.94 bits per heavy atom. The molecule has 0 aliphatic carbocycles. The van der Waals surface area contributed by atoms with Gasteiger partial charge in [0.15, 0.2) is 0 Å². The van der Waals surface area contributed by atoms with Gasteiger partial charge in [0, 0.05) is 6.20 Å². The van der Waals surface area contributed by atoms with Gasteiger partial charge in [0.05, 0.1) is 11.6 Å². The van der Waals surface area contributed by atoms with Crippen molar-refractivity contribution < 1.29 is 13.2 Å². The average Bonchev–Trinajstić information content (AvgIpc) is 2.15. The van der Waals surface area contributed by atoms with Gasteiger partial charge in [-0.3, -0.25) is 9.78 Å². The number of sulfonamides is 1. The van der Waals surface area contributed by atoms with E-state index in [1.807, 2.05) is 13.8 Å². The molecule has 0 aliphatic heterocycles. The van der Waals surface area contributed by atoms with Crippen LogP contribution in [0.15, 0.2) is 23.2 Å². The standard InChI is InChI=1S/C11H16N2O3S/c1-7(2)11(8(3)14)10-5-4-9(6-13-10)17(12,15)16/h4-7,11H,1-3H3,(H2,12,15,16). The summed E-state index contributed by atoms with van der Waals surface area (Å²) in [5, 5.41) is 4.97. The maximum atomic E-state index is 11.5. The van der Waals surface area contributed by atoms with Crippen LogP contribution in [-0.2, 0) is 14.8 Å². The summed E-state index contributed by atoms with van der Waals surface area (Å²) in [5.41, 5.74) is 0.569. The maximum Gasteiger partial charge on any atom is 0.239 e. The highest BCUT2D eigenvalue weighted by Gasteiger charge is 2.22. The quantitative estimate of drug-likeness (QED) is 0.872. The molecule has 1 rings (SSSR count). The molecule has 0 radical (unpaired) electrons. The van der Waals surface area contributed by atoms with Crippen molar-refractivity contribution in [2.75, 3.05) is 0 Å². The summed E-state index contributed by atoms with van der Waals surface area (Å²) in [6.07, 6.45) is 1.18. The van der Waals surface area contributed by atoms with Crippen LogP contribution >= 0.6 is 0 Å². The number of carbonyl (C=O) groups excluding carboxylic acids is 1. The van der Waals surface area contributed by atoms with Crippen LogP contribution < -0.4 is 5.14 Å². The van der Waals surface area contributed by atoms with Gasteiger partial charge in [-0.15, -0.1) is 0 Å². The molecule has 0 amide bonds. The summed E-state index contributed by atoms with van der Waals surface area (Å²) in [7, 11) is -3.73. The summed E-state index contributed by atoms with van der Waals surface area (Å²) in [5.74, 6) is -0.194. The highest BCUT2D eigenvalue weighted by molar-refractivity contribution is 7.89. The zero-order chi connectivity index (χ0) is 13.2. The molecule has 94 valence electrons. The van der Waals surface area contributed by atoms with Crippen molar-refractivity contribution in [1.29, 1.82) is 0 Å². The fourth-order valence-corrected chi connectivity index (χ4v) is 2.22. The Bertz CT molecular complexity index is 506. The minimum atomic E-state index is -3.73. The van der Waals surface area contributed by atoms with Crippen molar-refractivity contribution in [3.8, 4) is 0 Å². The molecule has 0 saturated carbocycles. The first-order valence-corrected chi connectivity index (χ1v) is 6.77. The number of hydrogen-bond acceptors (Lipinski definition) is 4. The number of Topliss-reactive ketones (excluding diaryl/α,β-unsaturated/α-hetero) is 1. The summed E-state index contributed by atoms with van der Waals surface area (Å²) in [6, 6.07) is 2.90. The number of ketones is 1. The first-order valence-electron chi connectivity index (χ1n) is 5.22. The number of pyridine rings is 1. The summed E-state index contributed by atoms with van der Waals surface area (Å²) < 4.78 is 22.1. The second kappa shape index (κ2) is 4.93. The van der Waals surface area contributed by atoms with Crippen LogP contribution in [0.25, 0.3) is 0 Å². The van der Waals surface area contributed by atoms with E-state index in [4.69, 9.17) is 5.14 Å². The Morgan fingerprint density at radius 1 is 1.35 bits per heavy atom. The van der Waals surface area contributed by atoms with Crippen molar-refractivity contribution in [3.05, 3.63) is 24.0 Å². The van der Waals surface area contributed by atoms with Crippen LogP contribution in [-0.4, -0.2) is 19.2 Å². The second-order valence-electron chi connectivity index (χ2n) is 4.30. The third-order valence-corrected chi connectivity index (χ3v) is 3.41. The van der Waals surface area contributed by atoms with E-state index < -0.39 is 10.0 Å². The summed E-state index contributed by atoms with van der Waals surface area (Å²) >= 11 is 0. The van der Waals surface area contributed by atoms with Crippen LogP contribution in [0.2, 0.25) is 0 Å². The van der Waals surface area contributed by atoms with E-state index in [1.54, 1.807) is 0 Å². The lowest BCUT2D eigenvalue weighted by atomic mass is 9.89. The van der Waals surface area contributed by atoms with Crippen molar-refractivity contribution in [3.63, 3.8) is 0 Å². The fourth-order valence-electron chi connectivity index (χ4n) is 1.76. The van der Waals surface area contributed by atoms with E-state index in [9.17, 15) is 13.2 Å². The van der Waals surface area contributed by atoms with E-state index in [1.165, 1.54) is 25.3 Å². The molecule has 2 N–H and O–H groups in total. The first-order chi connectivity index (χ1) is 7.73. The van der Waals surface area contributed by atoms with Crippen LogP contribution in [0.5, 0.6) is 0 Å². The third kappa shape index (κ3) is 3.34. The molecule has 0 saturated heterocycles. The van der Waals surface area contributed by atoms with E-state index >= 15 is 0 Å². The third-order valence-electron chi connectivity index (χ3n) is 2.51. The van der Waals surface area contributed by atoms with Crippen LogP contribution in [0.3, 0.4) is 0 Å². The molecular formula is C11H16N2O3S. The molecule has 6 heteroatoms. The lowest BCUT2D eigenvalue weighted by Gasteiger charge is -2.17. The minimum Gasteiger partial charge on any atom is -0.299 e. The number of hydrogen-bond donors (Lipinski definition) is 1. The van der Waals surface area contributed by atoms with Crippen molar-refractivity contribution in [2.45, 2.75) is 31.6 Å². The molecule has 1 aromatic rings. The Kier molecular flexibility index (Phi) is 4.00. The first kappa shape index (κ1) is 13.8. The Balaban J connectivity index is 3.13. The number of nitrogens with two attached hydrogens (primary N) is 1. The monoisotopic (exact) mass is 256 g/mol. The normalized spacial score (nSPS) is 13.7. The number of rotatable bonds is 4. The predicted octanol–water partition coefficient (Wildman–Crippen LogP) is 1.06. The zero-order valence-corrected chi connectivity index (χ0v) is 10.9. The molecule has 1 unspecified atom stereocenters. The van der Waals surface area contributed by atoms with E-state index in [-0.39, 0.29) is 22.5 Å². The Labute approximate surface area is 101 Å². The second-order valence-corrected chi connectivity index (χ2v) is 5.86. The molecule has 0 aliphatic rings. The number of carbonyl (C=O) groups is 1. The average molecular weight is 256 g/mol. The Hall–Kier alpha value is -1.27. The highest BCUT2D eigenvalue weighted by atomic mass is 32.2. The predicted molar refractivity (Wildman–Crippen MR) is 63.9 cm³/mol. The van der Waals surface area contributed by atoms with Crippen LogP contribution in [0.1, 0.15) is 32.4 Å². The lowest BCUT2D eigenvalue weighted by molar-refractivity contribution is -0.119. The fraction of sp³-hybridized carbons (Fsp3) is 0.455. The van der Waals surface area contributed by atoms with Gasteiger partial charge in [-0.05, 0) is 25.0 Å². The molecule has 0 fully saturated rings. The number of primary sulfonamides is 1. The molecule has 1 atom stereocenters. The number of aromatic nitrogens is 1. The molecule has 1 aromatic heterocycles. The van der Waals surface area contributed by atoms with Crippen LogP contribution in [0.4, 0.5) is 0 Å². The van der Waals surface area contributed by atoms with Crippen molar-refractivity contribution in [1.82, 2.24) is 4.98 Å². The van der Waals surface area contributed by atoms with Crippen molar-refractivity contribution in [2.24, 2.45) is 11.1 Å². The minimum absolute atomic E-state index is 0.0101. The van der Waals surface area contributed by atoms with Gasteiger partial charge in [-0.25, -0.2) is 13.6 Å². The SMILES string of the molecule is CC(=O)C(c1ccc(S(N)(=O)=O)cn1)C(C)C. The van der Waals surface area contributed by atoms with Crippen molar-refractivity contribution >= 4 is 15.8 Å². The molecule has 0 bridgehead atoms. The summed E-state index contributed by atoms with van der Waals surface area (Å²) in [6.45, 7) is 5.34. The van der Waals surface area contributed by atoms with Gasteiger partial charge >= 0.3 is 0 Å². The molecule has 0 spiro atoms. The van der Waals surface area contributed by atoms with Gasteiger partial charge < -0.3 is 0 Å². The molecule has 0 aromatic carbocycles. The van der Waals surface area contributed by atoms with E-state index in [2.05, 4.69) is 4.98 Å². The lowest BCUT2D eigenvalue weighted by Crippen LogP contribution is -2.18. The largest absolute Gasteiger partial charge is 0.299 e. The maximum absolute atomic E-state index is 11.5. The van der Waals surface area contributed by atoms with Gasteiger partial charge in [-0.2, -0.15) is 0 Å². The van der Waals surface area contributed by atoms with E-state index in [0.717, 1.165) is 0 Å². The highest BCUT2D eigenvalue weighted by Crippen LogP contribution is 2.24. The van der Waals surface area contributed by atoms with Crippen LogP contribution in [0, 0.1) is 5.92 Å².